The van der Waals surface area contributed by atoms with Crippen molar-refractivity contribution in [3.63, 3.8) is 0 Å². The molecule has 3 aromatic rings. The molecule has 1 heterocycles. The highest BCUT2D eigenvalue weighted by Crippen LogP contribution is 2.44. The molecule has 4 rings (SSSR count). The number of hydrogen-bond donors (Lipinski definition) is 0. The van der Waals surface area contributed by atoms with E-state index in [-0.39, 0.29) is 11.9 Å². The summed E-state index contributed by atoms with van der Waals surface area (Å²) in [5, 5.41) is 0. The Morgan fingerprint density at radius 1 is 0.833 bits per heavy atom. The molecule has 154 valence electrons. The molecule has 5 nitrogen and oxygen atoms in total. The topological polar surface area (TPSA) is 48.0 Å². The number of aryl methyl sites for hydroxylation is 2. The van der Waals surface area contributed by atoms with Gasteiger partial charge in [0.2, 0.25) is 6.10 Å². The van der Waals surface area contributed by atoms with Crippen LogP contribution in [-0.2, 0) is 4.79 Å². The number of ether oxygens (including phenoxy) is 3. The Morgan fingerprint density at radius 2 is 1.57 bits per heavy atom. The Bertz CT molecular complexity index is 1060. The summed E-state index contributed by atoms with van der Waals surface area (Å²) in [5.41, 5.74) is 3.96. The van der Waals surface area contributed by atoms with Crippen LogP contribution in [0.1, 0.15) is 22.7 Å². The predicted octanol–water partition coefficient (Wildman–Crippen LogP) is 4.86. The van der Waals surface area contributed by atoms with Gasteiger partial charge in [-0.05, 0) is 60.9 Å². The first-order valence-corrected chi connectivity index (χ1v) is 9.87. The van der Waals surface area contributed by atoms with Crippen molar-refractivity contribution in [3.8, 4) is 17.2 Å². The van der Waals surface area contributed by atoms with E-state index in [2.05, 4.69) is 0 Å². The lowest BCUT2D eigenvalue weighted by molar-refractivity contribution is -0.135. The number of carbonyl (C=O) groups excluding carboxylic acids is 1. The van der Waals surface area contributed by atoms with Gasteiger partial charge in [0.15, 0.2) is 11.5 Å². The molecule has 0 aromatic heterocycles. The maximum absolute atomic E-state index is 13.2. The summed E-state index contributed by atoms with van der Waals surface area (Å²) in [6, 6.07) is 21.0. The lowest BCUT2D eigenvalue weighted by atomic mass is 9.88. The number of hydrogen-bond acceptors (Lipinski definition) is 4. The molecule has 30 heavy (non-hydrogen) atoms. The van der Waals surface area contributed by atoms with Gasteiger partial charge < -0.3 is 14.2 Å². The number of β-lactam (4-membered cyclic amide) rings is 1. The second-order valence-electron chi connectivity index (χ2n) is 7.41. The molecule has 0 bridgehead atoms. The maximum Gasteiger partial charge on any atom is 0.271 e. The van der Waals surface area contributed by atoms with Gasteiger partial charge in [-0.1, -0.05) is 36.4 Å². The van der Waals surface area contributed by atoms with Gasteiger partial charge in [0.05, 0.1) is 14.2 Å². The predicted molar refractivity (Wildman–Crippen MR) is 117 cm³/mol. The SMILES string of the molecule is COc1ccc([C@H]2[C@H](Oc3ccccc3)C(=O)N2c2cc(C)ccc2C)cc1OC. The van der Waals surface area contributed by atoms with Crippen LogP contribution in [0.2, 0.25) is 0 Å². The molecule has 2 atom stereocenters. The number of carbonyl (C=O) groups is 1. The lowest BCUT2D eigenvalue weighted by Crippen LogP contribution is -2.61. The Kier molecular flexibility index (Phi) is 5.36. The van der Waals surface area contributed by atoms with E-state index in [9.17, 15) is 4.79 Å². The van der Waals surface area contributed by atoms with Crippen molar-refractivity contribution in [1.82, 2.24) is 0 Å². The third kappa shape index (κ3) is 3.47. The fourth-order valence-electron chi connectivity index (χ4n) is 3.83. The van der Waals surface area contributed by atoms with Crippen LogP contribution in [0.5, 0.6) is 17.2 Å². The average molecular weight is 403 g/mol. The first kappa shape index (κ1) is 19.8. The molecule has 1 aliphatic rings. The number of para-hydroxylation sites is 1. The van der Waals surface area contributed by atoms with Gasteiger partial charge in [0.1, 0.15) is 11.8 Å². The molecule has 0 unspecified atom stereocenters. The van der Waals surface area contributed by atoms with Crippen LogP contribution in [0.25, 0.3) is 0 Å². The Hall–Kier alpha value is -3.47. The van der Waals surface area contributed by atoms with Crippen LogP contribution in [0, 0.1) is 13.8 Å². The van der Waals surface area contributed by atoms with Crippen molar-refractivity contribution in [3.05, 3.63) is 83.4 Å². The Labute approximate surface area is 176 Å². The van der Waals surface area contributed by atoms with Crippen molar-refractivity contribution >= 4 is 11.6 Å². The second kappa shape index (κ2) is 8.11. The van der Waals surface area contributed by atoms with Crippen molar-refractivity contribution < 1.29 is 19.0 Å². The minimum atomic E-state index is -0.620. The van der Waals surface area contributed by atoms with Crippen molar-refractivity contribution in [2.75, 3.05) is 19.1 Å². The quantitative estimate of drug-likeness (QED) is 0.552. The zero-order valence-corrected chi connectivity index (χ0v) is 17.6. The van der Waals surface area contributed by atoms with Crippen molar-refractivity contribution in [2.24, 2.45) is 0 Å². The molecular weight excluding hydrogens is 378 g/mol. The third-order valence-electron chi connectivity index (χ3n) is 5.43. The van der Waals surface area contributed by atoms with E-state index in [1.165, 1.54) is 0 Å². The molecule has 1 amide bonds. The average Bonchev–Trinajstić information content (AvgIpc) is 2.77. The molecule has 1 aliphatic heterocycles. The van der Waals surface area contributed by atoms with Gasteiger partial charge in [0.25, 0.3) is 5.91 Å². The van der Waals surface area contributed by atoms with Gasteiger partial charge in [-0.2, -0.15) is 0 Å². The maximum atomic E-state index is 13.2. The normalized spacial score (nSPS) is 18.0. The summed E-state index contributed by atoms with van der Waals surface area (Å²) < 4.78 is 17.0. The molecule has 0 N–H and O–H groups in total. The molecule has 1 saturated heterocycles. The highest BCUT2D eigenvalue weighted by molar-refractivity contribution is 6.06. The van der Waals surface area contributed by atoms with E-state index in [0.29, 0.717) is 17.2 Å². The second-order valence-corrected chi connectivity index (χ2v) is 7.41. The van der Waals surface area contributed by atoms with Gasteiger partial charge in [-0.25, -0.2) is 0 Å². The molecule has 5 heteroatoms. The number of anilines is 1. The van der Waals surface area contributed by atoms with Gasteiger partial charge in [-0.3, -0.25) is 9.69 Å². The van der Waals surface area contributed by atoms with E-state index in [1.807, 2.05) is 85.5 Å². The number of nitrogens with zero attached hydrogens (tertiary/aromatic N) is 1. The fraction of sp³-hybridized carbons (Fsp3) is 0.240. The summed E-state index contributed by atoms with van der Waals surface area (Å²) in [5.74, 6) is 1.87. The lowest BCUT2D eigenvalue weighted by Gasteiger charge is -2.47. The number of amides is 1. The van der Waals surface area contributed by atoms with Crippen LogP contribution >= 0.6 is 0 Å². The van der Waals surface area contributed by atoms with E-state index in [0.717, 1.165) is 22.4 Å². The van der Waals surface area contributed by atoms with Crippen LogP contribution in [-0.4, -0.2) is 26.2 Å². The largest absolute Gasteiger partial charge is 0.493 e. The number of rotatable bonds is 6. The van der Waals surface area contributed by atoms with Gasteiger partial charge in [-0.15, -0.1) is 0 Å². The molecule has 0 saturated carbocycles. The van der Waals surface area contributed by atoms with Crippen LogP contribution in [0.15, 0.2) is 66.7 Å². The number of methoxy groups -OCH3 is 2. The highest BCUT2D eigenvalue weighted by atomic mass is 16.5. The molecule has 0 radical (unpaired) electrons. The molecule has 0 spiro atoms. The molecule has 1 fully saturated rings. The van der Waals surface area contributed by atoms with Crippen LogP contribution in [0.4, 0.5) is 5.69 Å². The summed E-state index contributed by atoms with van der Waals surface area (Å²) in [6.45, 7) is 4.04. The summed E-state index contributed by atoms with van der Waals surface area (Å²) in [4.78, 5) is 15.1. The third-order valence-corrected chi connectivity index (χ3v) is 5.43. The fourth-order valence-corrected chi connectivity index (χ4v) is 3.83. The Morgan fingerprint density at radius 3 is 2.27 bits per heavy atom. The first-order chi connectivity index (χ1) is 14.5. The van der Waals surface area contributed by atoms with Crippen LogP contribution in [0.3, 0.4) is 0 Å². The first-order valence-electron chi connectivity index (χ1n) is 9.87. The van der Waals surface area contributed by atoms with E-state index < -0.39 is 6.10 Å². The zero-order valence-electron chi connectivity index (χ0n) is 17.6. The van der Waals surface area contributed by atoms with E-state index >= 15 is 0 Å². The van der Waals surface area contributed by atoms with Gasteiger partial charge in [0, 0.05) is 5.69 Å². The molecule has 3 aromatic carbocycles. The Balaban J connectivity index is 1.77. The molecule has 0 aliphatic carbocycles. The smallest absolute Gasteiger partial charge is 0.271 e. The van der Waals surface area contributed by atoms with Crippen molar-refractivity contribution in [1.29, 1.82) is 0 Å². The standard InChI is InChI=1S/C25H25NO4/c1-16-10-11-17(2)20(14-16)26-23(18-12-13-21(28-3)22(15-18)29-4)24(25(26)27)30-19-8-6-5-7-9-19/h5-15,23-24H,1-4H3/t23-,24-/m0/s1. The summed E-state index contributed by atoms with van der Waals surface area (Å²) >= 11 is 0. The minimum Gasteiger partial charge on any atom is -0.493 e. The minimum absolute atomic E-state index is 0.0627. The number of benzene rings is 3. The highest BCUT2D eigenvalue weighted by Gasteiger charge is 2.51. The summed E-state index contributed by atoms with van der Waals surface area (Å²) in [7, 11) is 3.21. The monoisotopic (exact) mass is 403 g/mol. The molecular formula is C25H25NO4. The van der Waals surface area contributed by atoms with E-state index in [4.69, 9.17) is 14.2 Å². The summed E-state index contributed by atoms with van der Waals surface area (Å²) in [6.07, 6.45) is -0.620. The van der Waals surface area contributed by atoms with Crippen molar-refractivity contribution in [2.45, 2.75) is 26.0 Å². The zero-order chi connectivity index (χ0) is 21.3. The van der Waals surface area contributed by atoms with E-state index in [1.54, 1.807) is 14.2 Å². The van der Waals surface area contributed by atoms with Crippen LogP contribution < -0.4 is 19.1 Å². The van der Waals surface area contributed by atoms with Gasteiger partial charge >= 0.3 is 0 Å².